The van der Waals surface area contributed by atoms with Crippen LogP contribution >= 0.6 is 11.6 Å². The summed E-state index contributed by atoms with van der Waals surface area (Å²) in [5, 5.41) is 3.05. The Hall–Kier alpha value is -0.970. The molecular formula is C15H18ClF4N. The van der Waals surface area contributed by atoms with Gasteiger partial charge < -0.3 is 5.32 Å². The second kappa shape index (κ2) is 6.03. The minimum atomic E-state index is -4.54. The highest BCUT2D eigenvalue weighted by molar-refractivity contribution is 6.18. The van der Waals surface area contributed by atoms with Gasteiger partial charge in [0.05, 0.1) is 16.8 Å². The molecule has 1 aromatic carbocycles. The molecule has 1 aliphatic rings. The van der Waals surface area contributed by atoms with Crippen molar-refractivity contribution >= 4 is 17.3 Å². The van der Waals surface area contributed by atoms with E-state index in [0.717, 1.165) is 37.8 Å². The lowest BCUT2D eigenvalue weighted by Gasteiger charge is -2.40. The molecule has 21 heavy (non-hydrogen) atoms. The number of anilines is 1. The molecule has 0 saturated heterocycles. The van der Waals surface area contributed by atoms with Gasteiger partial charge in [-0.3, -0.25) is 0 Å². The van der Waals surface area contributed by atoms with E-state index in [2.05, 4.69) is 12.2 Å². The predicted molar refractivity (Wildman–Crippen MR) is 76.1 cm³/mol. The van der Waals surface area contributed by atoms with Crippen LogP contribution in [0.1, 0.15) is 38.2 Å². The molecule has 118 valence electrons. The molecular weight excluding hydrogens is 306 g/mol. The molecule has 6 heteroatoms. The number of halogens is 5. The van der Waals surface area contributed by atoms with Crippen LogP contribution in [0.3, 0.4) is 0 Å². The summed E-state index contributed by atoms with van der Waals surface area (Å²) in [5.74, 6) is -0.132. The van der Waals surface area contributed by atoms with E-state index in [1.54, 1.807) is 0 Å². The zero-order valence-electron chi connectivity index (χ0n) is 11.7. The predicted octanol–water partition coefficient (Wildman–Crippen LogP) is 5.44. The second-order valence-electron chi connectivity index (χ2n) is 5.93. The van der Waals surface area contributed by atoms with E-state index in [1.807, 2.05) is 0 Å². The van der Waals surface area contributed by atoms with E-state index < -0.39 is 23.1 Å². The number of hydrogen-bond acceptors (Lipinski definition) is 1. The molecule has 0 amide bonds. The summed E-state index contributed by atoms with van der Waals surface area (Å²) in [6.07, 6.45) is -0.889. The average Bonchev–Trinajstić information content (AvgIpc) is 2.40. The summed E-state index contributed by atoms with van der Waals surface area (Å²) >= 11 is 6.04. The van der Waals surface area contributed by atoms with Crippen LogP contribution in [-0.4, -0.2) is 11.4 Å². The fourth-order valence-corrected chi connectivity index (χ4v) is 3.32. The summed E-state index contributed by atoms with van der Waals surface area (Å²) in [6, 6.07) is 2.56. The molecule has 1 saturated carbocycles. The van der Waals surface area contributed by atoms with Crippen LogP contribution < -0.4 is 5.32 Å². The standard InChI is InChI=1S/C15H18ClF4N/c1-10-3-2-6-14(8-10,9-16)21-13-5-4-11(7-12(13)17)15(18,19)20/h4-5,7,10,21H,2-3,6,8-9H2,1H3. The maximum atomic E-state index is 13.9. The average molecular weight is 324 g/mol. The Morgan fingerprint density at radius 3 is 2.62 bits per heavy atom. The summed E-state index contributed by atoms with van der Waals surface area (Å²) in [7, 11) is 0. The smallest absolute Gasteiger partial charge is 0.376 e. The summed E-state index contributed by atoms with van der Waals surface area (Å²) in [6.45, 7) is 2.10. The molecule has 1 aliphatic carbocycles. The highest BCUT2D eigenvalue weighted by Crippen LogP contribution is 2.37. The van der Waals surface area contributed by atoms with Crippen molar-refractivity contribution in [2.24, 2.45) is 5.92 Å². The number of rotatable bonds is 3. The fourth-order valence-electron chi connectivity index (χ4n) is 3.01. The lowest BCUT2D eigenvalue weighted by Crippen LogP contribution is -2.44. The van der Waals surface area contributed by atoms with E-state index in [4.69, 9.17) is 11.6 Å². The second-order valence-corrected chi connectivity index (χ2v) is 6.20. The first-order valence-corrected chi connectivity index (χ1v) is 7.50. The highest BCUT2D eigenvalue weighted by Gasteiger charge is 2.36. The normalized spacial score (nSPS) is 26.7. The van der Waals surface area contributed by atoms with E-state index >= 15 is 0 Å². The maximum Gasteiger partial charge on any atom is 0.416 e. The van der Waals surface area contributed by atoms with Crippen LogP contribution in [0.5, 0.6) is 0 Å². The van der Waals surface area contributed by atoms with Gasteiger partial charge in [0, 0.05) is 5.88 Å². The molecule has 2 atom stereocenters. The number of alkyl halides is 4. The molecule has 1 aromatic rings. The molecule has 0 aromatic heterocycles. The van der Waals surface area contributed by atoms with Gasteiger partial charge in [0.1, 0.15) is 5.82 Å². The minimum absolute atomic E-state index is 0.0813. The molecule has 0 radical (unpaired) electrons. The lowest BCUT2D eigenvalue weighted by atomic mass is 9.77. The van der Waals surface area contributed by atoms with Crippen molar-refractivity contribution in [3.8, 4) is 0 Å². The molecule has 1 N–H and O–H groups in total. The number of nitrogens with one attached hydrogen (secondary N) is 1. The van der Waals surface area contributed by atoms with Crippen molar-refractivity contribution < 1.29 is 17.6 Å². The molecule has 0 bridgehead atoms. The quantitative estimate of drug-likeness (QED) is 0.576. The fraction of sp³-hybridized carbons (Fsp3) is 0.600. The Bertz CT molecular complexity index is 503. The van der Waals surface area contributed by atoms with Crippen LogP contribution in [0.25, 0.3) is 0 Å². The summed E-state index contributed by atoms with van der Waals surface area (Å²) < 4.78 is 51.6. The van der Waals surface area contributed by atoms with Crippen molar-refractivity contribution in [3.63, 3.8) is 0 Å². The van der Waals surface area contributed by atoms with Crippen molar-refractivity contribution in [3.05, 3.63) is 29.6 Å². The molecule has 2 unspecified atom stereocenters. The SMILES string of the molecule is CC1CCCC(CCl)(Nc2ccc(C(F)(F)F)cc2F)C1. The van der Waals surface area contributed by atoms with Gasteiger partial charge in [0.2, 0.25) is 0 Å². The molecule has 1 fully saturated rings. The topological polar surface area (TPSA) is 12.0 Å². The Morgan fingerprint density at radius 2 is 2.10 bits per heavy atom. The monoisotopic (exact) mass is 323 g/mol. The minimum Gasteiger partial charge on any atom is -0.376 e. The van der Waals surface area contributed by atoms with Crippen molar-refractivity contribution in [1.29, 1.82) is 0 Å². The molecule has 0 heterocycles. The third-order valence-electron chi connectivity index (χ3n) is 4.04. The molecule has 0 aliphatic heterocycles. The molecule has 0 spiro atoms. The summed E-state index contributed by atoms with van der Waals surface area (Å²) in [5.41, 5.74) is -1.35. The van der Waals surface area contributed by atoms with Gasteiger partial charge in [-0.25, -0.2) is 4.39 Å². The Labute approximate surface area is 126 Å². The van der Waals surface area contributed by atoms with Gasteiger partial charge in [-0.2, -0.15) is 13.2 Å². The highest BCUT2D eigenvalue weighted by atomic mass is 35.5. The van der Waals surface area contributed by atoms with Gasteiger partial charge in [0.15, 0.2) is 0 Å². The largest absolute Gasteiger partial charge is 0.416 e. The van der Waals surface area contributed by atoms with Gasteiger partial charge in [0.25, 0.3) is 0 Å². The van der Waals surface area contributed by atoms with Crippen LogP contribution in [-0.2, 0) is 6.18 Å². The molecule has 2 rings (SSSR count). The molecule has 1 nitrogen and oxygen atoms in total. The first kappa shape index (κ1) is 16.4. The maximum absolute atomic E-state index is 13.9. The van der Waals surface area contributed by atoms with E-state index in [1.165, 1.54) is 0 Å². The van der Waals surface area contributed by atoms with Crippen molar-refractivity contribution in [2.45, 2.75) is 44.3 Å². The third kappa shape index (κ3) is 3.82. The van der Waals surface area contributed by atoms with Crippen molar-refractivity contribution in [2.75, 3.05) is 11.2 Å². The number of benzene rings is 1. The number of hydrogen-bond donors (Lipinski definition) is 1. The van der Waals surface area contributed by atoms with Crippen LogP contribution in [0.2, 0.25) is 0 Å². The van der Waals surface area contributed by atoms with Gasteiger partial charge in [-0.1, -0.05) is 19.8 Å². The van der Waals surface area contributed by atoms with Gasteiger partial charge >= 0.3 is 6.18 Å². The van der Waals surface area contributed by atoms with Gasteiger partial charge in [-0.05, 0) is 37.0 Å². The van der Waals surface area contributed by atoms with Gasteiger partial charge in [-0.15, -0.1) is 11.6 Å². The summed E-state index contributed by atoms with van der Waals surface area (Å²) in [4.78, 5) is 0. The zero-order chi connectivity index (χ0) is 15.7. The first-order chi connectivity index (χ1) is 9.76. The van der Waals surface area contributed by atoms with Crippen LogP contribution in [0, 0.1) is 11.7 Å². The Kier molecular flexibility index (Phi) is 4.71. The van der Waals surface area contributed by atoms with E-state index in [9.17, 15) is 17.6 Å². The van der Waals surface area contributed by atoms with E-state index in [-0.39, 0.29) is 5.69 Å². The first-order valence-electron chi connectivity index (χ1n) is 6.97. The Balaban J connectivity index is 2.22. The lowest BCUT2D eigenvalue weighted by molar-refractivity contribution is -0.137. The van der Waals surface area contributed by atoms with Crippen molar-refractivity contribution in [1.82, 2.24) is 0 Å². The van der Waals surface area contributed by atoms with E-state index in [0.29, 0.717) is 17.9 Å². The zero-order valence-corrected chi connectivity index (χ0v) is 12.5. The van der Waals surface area contributed by atoms with Crippen LogP contribution in [0.4, 0.5) is 23.2 Å². The third-order valence-corrected chi connectivity index (χ3v) is 4.56. The Morgan fingerprint density at radius 1 is 1.38 bits per heavy atom. The van der Waals surface area contributed by atoms with Crippen LogP contribution in [0.15, 0.2) is 18.2 Å².